The molecule has 1 saturated carbocycles. The third-order valence-electron chi connectivity index (χ3n) is 6.96. The average Bonchev–Trinajstić information content (AvgIpc) is 3.41. The molecule has 1 aromatic heterocycles. The number of carbonyl (C=O) groups excluding carboxylic acids is 1. The lowest BCUT2D eigenvalue weighted by molar-refractivity contribution is -0.117. The number of aromatic nitrogens is 2. The zero-order valence-corrected chi connectivity index (χ0v) is 19.0. The molecule has 1 amide bonds. The Labute approximate surface area is 186 Å². The van der Waals surface area contributed by atoms with Crippen molar-refractivity contribution in [2.45, 2.75) is 70.8 Å². The number of nitrogen functional groups attached to an aromatic ring is 1. The van der Waals surface area contributed by atoms with Crippen LogP contribution in [-0.2, 0) is 11.2 Å². The Morgan fingerprint density at radius 1 is 1.03 bits per heavy atom. The Bertz CT molecular complexity index is 744. The van der Waals surface area contributed by atoms with Crippen LogP contribution in [0.25, 0.3) is 0 Å². The minimum atomic E-state index is 0.0619. The first-order chi connectivity index (χ1) is 15.2. The highest BCUT2D eigenvalue weighted by molar-refractivity contribution is 6.01. The van der Waals surface area contributed by atoms with Crippen LogP contribution in [0, 0.1) is 0 Å². The Kier molecular flexibility index (Phi) is 7.61. The number of hydrogen-bond acceptors (Lipinski definition) is 7. The number of rotatable bonds is 10. The molecule has 3 aliphatic rings. The maximum absolute atomic E-state index is 12.6. The van der Waals surface area contributed by atoms with Gasteiger partial charge in [0, 0.05) is 44.3 Å². The van der Waals surface area contributed by atoms with E-state index in [2.05, 4.69) is 26.7 Å². The molecule has 8 nitrogen and oxygen atoms in total. The van der Waals surface area contributed by atoms with Gasteiger partial charge in [0.05, 0.1) is 13.0 Å². The molecule has 1 saturated heterocycles. The summed E-state index contributed by atoms with van der Waals surface area (Å²) in [6.07, 6.45) is 9.93. The highest BCUT2D eigenvalue weighted by Crippen LogP contribution is 2.32. The fourth-order valence-corrected chi connectivity index (χ4v) is 5.06. The average molecular weight is 431 g/mol. The predicted molar refractivity (Wildman–Crippen MR) is 122 cm³/mol. The highest BCUT2D eigenvalue weighted by Gasteiger charge is 2.32. The van der Waals surface area contributed by atoms with Crippen LogP contribution in [-0.4, -0.2) is 77.6 Å². The van der Waals surface area contributed by atoms with Gasteiger partial charge in [0.1, 0.15) is 11.6 Å². The lowest BCUT2D eigenvalue weighted by Gasteiger charge is -2.38. The summed E-state index contributed by atoms with van der Waals surface area (Å²) in [6, 6.07) is 1.12. The summed E-state index contributed by atoms with van der Waals surface area (Å²) in [6.45, 7) is 9.21. The summed E-state index contributed by atoms with van der Waals surface area (Å²) in [4.78, 5) is 28.4. The van der Waals surface area contributed by atoms with E-state index in [0.717, 1.165) is 43.8 Å². The van der Waals surface area contributed by atoms with Gasteiger partial charge in [-0.2, -0.15) is 9.97 Å². The van der Waals surface area contributed by atoms with Crippen molar-refractivity contribution >= 4 is 17.5 Å². The zero-order chi connectivity index (χ0) is 21.6. The summed E-state index contributed by atoms with van der Waals surface area (Å²) in [7, 11) is 0. The smallest absolute Gasteiger partial charge is 0.320 e. The van der Waals surface area contributed by atoms with Gasteiger partial charge in [-0.05, 0) is 38.6 Å². The number of carbonyl (C=O) groups is 1. The molecule has 172 valence electrons. The molecule has 1 aromatic rings. The van der Waals surface area contributed by atoms with E-state index in [1.54, 1.807) is 4.90 Å². The summed E-state index contributed by atoms with van der Waals surface area (Å²) in [5.41, 5.74) is 6.84. The Morgan fingerprint density at radius 3 is 2.52 bits per heavy atom. The van der Waals surface area contributed by atoms with E-state index < -0.39 is 0 Å². The van der Waals surface area contributed by atoms with Crippen LogP contribution in [0.3, 0.4) is 0 Å². The van der Waals surface area contributed by atoms with E-state index in [4.69, 9.17) is 10.5 Å². The Hall–Kier alpha value is -1.93. The van der Waals surface area contributed by atoms with Gasteiger partial charge in [-0.15, -0.1) is 0 Å². The van der Waals surface area contributed by atoms with E-state index in [1.165, 1.54) is 51.9 Å². The molecule has 0 unspecified atom stereocenters. The second-order valence-electron chi connectivity index (χ2n) is 9.14. The minimum Gasteiger partial charge on any atom is -0.463 e. The van der Waals surface area contributed by atoms with Gasteiger partial charge in [0.15, 0.2) is 0 Å². The number of ether oxygens (including phenoxy) is 1. The van der Waals surface area contributed by atoms with Crippen molar-refractivity contribution in [3.63, 3.8) is 0 Å². The molecule has 8 heteroatoms. The third kappa shape index (κ3) is 5.47. The minimum absolute atomic E-state index is 0.0619. The summed E-state index contributed by atoms with van der Waals surface area (Å²) in [5, 5.41) is 0. The molecule has 3 heterocycles. The number of piperazine rings is 1. The highest BCUT2D eigenvalue weighted by atomic mass is 16.5. The molecular formula is C23H38N6O2. The number of nitrogens with two attached hydrogens (primary N) is 1. The monoisotopic (exact) mass is 430 g/mol. The quantitative estimate of drug-likeness (QED) is 0.571. The molecule has 2 aliphatic heterocycles. The molecule has 2 fully saturated rings. The van der Waals surface area contributed by atoms with Crippen molar-refractivity contribution in [1.82, 2.24) is 19.8 Å². The van der Waals surface area contributed by atoms with Crippen molar-refractivity contribution in [3.8, 4) is 6.01 Å². The maximum Gasteiger partial charge on any atom is 0.320 e. The van der Waals surface area contributed by atoms with Crippen LogP contribution in [0.5, 0.6) is 6.01 Å². The van der Waals surface area contributed by atoms with Gasteiger partial charge >= 0.3 is 6.01 Å². The Balaban J connectivity index is 1.23. The van der Waals surface area contributed by atoms with Crippen molar-refractivity contribution in [2.24, 2.45) is 0 Å². The fraction of sp³-hybridized carbons (Fsp3) is 0.783. The van der Waals surface area contributed by atoms with Crippen LogP contribution in [0.15, 0.2) is 0 Å². The molecular weight excluding hydrogens is 392 g/mol. The van der Waals surface area contributed by atoms with Crippen molar-refractivity contribution in [1.29, 1.82) is 0 Å². The van der Waals surface area contributed by atoms with Crippen molar-refractivity contribution < 1.29 is 9.53 Å². The van der Waals surface area contributed by atoms with Crippen LogP contribution < -0.4 is 15.4 Å². The number of unbranched alkanes of at least 4 members (excludes halogenated alkanes) is 2. The standard InChI is InChI=1S/C23H38N6O2/c1-2-3-16-31-23-25-21(24)19-17-20(30)29(22(19)26-23)11-7-6-10-27-12-14-28(15-13-27)18-8-4-5-9-18/h18H,2-17H2,1H3,(H2,24,25,26). The SMILES string of the molecule is CCCCOc1nc(N)c2c(n1)N(CCCCN1CCN(C3CCCC3)CC1)C(=O)C2. The number of nitrogens with zero attached hydrogens (tertiary/aromatic N) is 5. The maximum atomic E-state index is 12.6. The third-order valence-corrected chi connectivity index (χ3v) is 6.96. The number of amides is 1. The topological polar surface area (TPSA) is 87.8 Å². The summed E-state index contributed by atoms with van der Waals surface area (Å²) < 4.78 is 5.64. The molecule has 1 aliphatic carbocycles. The van der Waals surface area contributed by atoms with Crippen molar-refractivity contribution in [2.75, 3.05) is 56.5 Å². The number of anilines is 2. The van der Waals surface area contributed by atoms with Gasteiger partial charge in [-0.1, -0.05) is 26.2 Å². The van der Waals surface area contributed by atoms with Crippen LogP contribution in [0.1, 0.15) is 63.9 Å². The molecule has 2 N–H and O–H groups in total. The lowest BCUT2D eigenvalue weighted by Crippen LogP contribution is -2.49. The van der Waals surface area contributed by atoms with Crippen LogP contribution >= 0.6 is 0 Å². The van der Waals surface area contributed by atoms with E-state index >= 15 is 0 Å². The number of hydrogen-bond donors (Lipinski definition) is 1. The van der Waals surface area contributed by atoms with E-state index in [9.17, 15) is 4.79 Å². The molecule has 0 atom stereocenters. The fourth-order valence-electron chi connectivity index (χ4n) is 5.06. The van der Waals surface area contributed by atoms with Gasteiger partial charge in [0.25, 0.3) is 0 Å². The molecule has 31 heavy (non-hydrogen) atoms. The Morgan fingerprint density at radius 2 is 1.77 bits per heavy atom. The first-order valence-corrected chi connectivity index (χ1v) is 12.2. The first-order valence-electron chi connectivity index (χ1n) is 12.2. The first kappa shape index (κ1) is 22.3. The summed E-state index contributed by atoms with van der Waals surface area (Å²) >= 11 is 0. The van der Waals surface area contributed by atoms with E-state index in [-0.39, 0.29) is 11.9 Å². The second kappa shape index (κ2) is 10.6. The predicted octanol–water partition coefficient (Wildman–Crippen LogP) is 2.47. The van der Waals surface area contributed by atoms with Crippen molar-refractivity contribution in [3.05, 3.63) is 5.56 Å². The van der Waals surface area contributed by atoms with E-state index in [0.29, 0.717) is 31.2 Å². The van der Waals surface area contributed by atoms with Gasteiger partial charge in [0.2, 0.25) is 5.91 Å². The van der Waals surface area contributed by atoms with E-state index in [1.807, 2.05) is 0 Å². The normalized spacial score (nSPS) is 20.5. The second-order valence-corrected chi connectivity index (χ2v) is 9.14. The molecule has 0 spiro atoms. The van der Waals surface area contributed by atoms with Gasteiger partial charge < -0.3 is 15.4 Å². The summed E-state index contributed by atoms with van der Waals surface area (Å²) in [5.74, 6) is 1.08. The van der Waals surface area contributed by atoms with Gasteiger partial charge in [-0.3, -0.25) is 14.6 Å². The lowest BCUT2D eigenvalue weighted by atomic mass is 10.1. The molecule has 0 radical (unpaired) electrons. The van der Waals surface area contributed by atoms with Crippen LogP contribution in [0.4, 0.5) is 11.6 Å². The largest absolute Gasteiger partial charge is 0.463 e. The van der Waals surface area contributed by atoms with Crippen LogP contribution in [0.2, 0.25) is 0 Å². The molecule has 0 aromatic carbocycles. The molecule has 0 bridgehead atoms. The molecule has 4 rings (SSSR count). The zero-order valence-electron chi connectivity index (χ0n) is 19.0. The number of fused-ring (bicyclic) bond motifs is 1. The van der Waals surface area contributed by atoms with Gasteiger partial charge in [-0.25, -0.2) is 0 Å².